The Morgan fingerprint density at radius 1 is 1.47 bits per heavy atom. The minimum atomic E-state index is -4.24. The number of hydrogen-bond donors (Lipinski definition) is 1. The molecule has 0 radical (unpaired) electrons. The first-order valence-electron chi connectivity index (χ1n) is 4.81. The molecule has 0 aromatic carbocycles. The topological polar surface area (TPSA) is 21.3 Å². The van der Waals surface area contributed by atoms with Crippen LogP contribution in [0.25, 0.3) is 0 Å². The van der Waals surface area contributed by atoms with Gasteiger partial charge in [0.2, 0.25) is 0 Å². The minimum absolute atomic E-state index is 0.0518. The zero-order valence-corrected chi connectivity index (χ0v) is 9.16. The van der Waals surface area contributed by atoms with E-state index in [9.17, 15) is 13.2 Å². The SMILES string of the molecule is C=C(C)CCC(COCC(F)(F)F)NC. The smallest absolute Gasteiger partial charge is 0.370 e. The molecule has 15 heavy (non-hydrogen) atoms. The van der Waals surface area contributed by atoms with Crippen LogP contribution in [-0.4, -0.2) is 32.5 Å². The highest BCUT2D eigenvalue weighted by Crippen LogP contribution is 2.15. The molecule has 2 nitrogen and oxygen atoms in total. The summed E-state index contributed by atoms with van der Waals surface area (Å²) < 4.78 is 39.9. The summed E-state index contributed by atoms with van der Waals surface area (Å²) in [7, 11) is 1.71. The predicted octanol–water partition coefficient (Wildman–Crippen LogP) is 2.51. The van der Waals surface area contributed by atoms with E-state index in [0.717, 1.165) is 18.4 Å². The molecule has 0 saturated heterocycles. The molecule has 0 fully saturated rings. The fourth-order valence-electron chi connectivity index (χ4n) is 1.05. The van der Waals surface area contributed by atoms with E-state index in [4.69, 9.17) is 0 Å². The summed E-state index contributed by atoms with van der Waals surface area (Å²) in [6.07, 6.45) is -2.71. The second-order valence-electron chi connectivity index (χ2n) is 3.61. The van der Waals surface area contributed by atoms with Gasteiger partial charge in [-0.3, -0.25) is 0 Å². The summed E-state index contributed by atoms with van der Waals surface area (Å²) >= 11 is 0. The molecule has 0 aliphatic carbocycles. The van der Waals surface area contributed by atoms with Crippen molar-refractivity contribution in [3.05, 3.63) is 12.2 Å². The van der Waals surface area contributed by atoms with Crippen LogP contribution in [0.2, 0.25) is 0 Å². The highest BCUT2D eigenvalue weighted by molar-refractivity contribution is 4.89. The lowest BCUT2D eigenvalue weighted by molar-refractivity contribution is -0.175. The molecule has 0 aromatic heterocycles. The van der Waals surface area contributed by atoms with Gasteiger partial charge in [-0.25, -0.2) is 0 Å². The molecule has 0 aliphatic rings. The van der Waals surface area contributed by atoms with Crippen LogP contribution in [0, 0.1) is 0 Å². The summed E-state index contributed by atoms with van der Waals surface area (Å²) in [5.41, 5.74) is 1.02. The number of halogens is 3. The van der Waals surface area contributed by atoms with Crippen molar-refractivity contribution in [2.75, 3.05) is 20.3 Å². The first-order valence-corrected chi connectivity index (χ1v) is 4.81. The zero-order chi connectivity index (χ0) is 11.9. The van der Waals surface area contributed by atoms with Crippen LogP contribution in [0.5, 0.6) is 0 Å². The van der Waals surface area contributed by atoms with Crippen LogP contribution in [-0.2, 0) is 4.74 Å². The van der Waals surface area contributed by atoms with Crippen molar-refractivity contribution < 1.29 is 17.9 Å². The van der Waals surface area contributed by atoms with Gasteiger partial charge in [-0.05, 0) is 26.8 Å². The Morgan fingerprint density at radius 3 is 2.47 bits per heavy atom. The van der Waals surface area contributed by atoms with Crippen LogP contribution in [0.3, 0.4) is 0 Å². The Balaban J connectivity index is 3.66. The van der Waals surface area contributed by atoms with E-state index >= 15 is 0 Å². The maximum atomic E-state index is 11.8. The lowest BCUT2D eigenvalue weighted by atomic mass is 10.1. The summed E-state index contributed by atoms with van der Waals surface area (Å²) in [6, 6.07) is -0.0518. The fourth-order valence-corrected chi connectivity index (χ4v) is 1.05. The van der Waals surface area contributed by atoms with Gasteiger partial charge < -0.3 is 10.1 Å². The van der Waals surface area contributed by atoms with Crippen molar-refractivity contribution in [1.29, 1.82) is 0 Å². The Kier molecular flexibility index (Phi) is 6.60. The standard InChI is InChI=1S/C10H18F3NO/c1-8(2)4-5-9(14-3)6-15-7-10(11,12)13/h9,14H,1,4-7H2,2-3H3. The van der Waals surface area contributed by atoms with Gasteiger partial charge in [0, 0.05) is 6.04 Å². The van der Waals surface area contributed by atoms with Crippen molar-refractivity contribution in [2.24, 2.45) is 0 Å². The van der Waals surface area contributed by atoms with Gasteiger partial charge in [-0.15, -0.1) is 6.58 Å². The Bertz CT molecular complexity index is 192. The molecular formula is C10H18F3NO. The highest BCUT2D eigenvalue weighted by atomic mass is 19.4. The average Bonchev–Trinajstić information content (AvgIpc) is 2.08. The quantitative estimate of drug-likeness (QED) is 0.672. The van der Waals surface area contributed by atoms with Crippen LogP contribution < -0.4 is 5.32 Å². The molecule has 0 aromatic rings. The molecular weight excluding hydrogens is 207 g/mol. The van der Waals surface area contributed by atoms with Gasteiger partial charge in [-0.2, -0.15) is 13.2 Å². The number of nitrogens with one attached hydrogen (secondary N) is 1. The van der Waals surface area contributed by atoms with E-state index < -0.39 is 12.8 Å². The molecule has 90 valence electrons. The van der Waals surface area contributed by atoms with Crippen molar-refractivity contribution in [1.82, 2.24) is 5.32 Å². The molecule has 0 spiro atoms. The first-order chi connectivity index (χ1) is 6.85. The summed E-state index contributed by atoms with van der Waals surface area (Å²) in [4.78, 5) is 0. The zero-order valence-electron chi connectivity index (χ0n) is 9.16. The van der Waals surface area contributed by atoms with Gasteiger partial charge in [-0.1, -0.05) is 5.57 Å². The third kappa shape index (κ3) is 9.75. The molecule has 1 N–H and O–H groups in total. The summed E-state index contributed by atoms with van der Waals surface area (Å²) in [6.45, 7) is 4.51. The first kappa shape index (κ1) is 14.5. The van der Waals surface area contributed by atoms with E-state index in [-0.39, 0.29) is 12.6 Å². The second kappa shape index (κ2) is 6.85. The Morgan fingerprint density at radius 2 is 2.07 bits per heavy atom. The average molecular weight is 225 g/mol. The lowest BCUT2D eigenvalue weighted by Crippen LogP contribution is -2.32. The van der Waals surface area contributed by atoms with Crippen LogP contribution >= 0.6 is 0 Å². The van der Waals surface area contributed by atoms with Gasteiger partial charge in [0.25, 0.3) is 0 Å². The highest BCUT2D eigenvalue weighted by Gasteiger charge is 2.27. The molecule has 1 unspecified atom stereocenters. The fraction of sp³-hybridized carbons (Fsp3) is 0.800. The third-order valence-electron chi connectivity index (χ3n) is 1.91. The normalized spacial score (nSPS) is 13.9. The molecule has 0 aliphatic heterocycles. The number of alkyl halides is 3. The van der Waals surface area contributed by atoms with Gasteiger partial charge >= 0.3 is 6.18 Å². The lowest BCUT2D eigenvalue weighted by Gasteiger charge is -2.17. The number of ether oxygens (including phenoxy) is 1. The van der Waals surface area contributed by atoms with Crippen molar-refractivity contribution in [2.45, 2.75) is 32.0 Å². The van der Waals surface area contributed by atoms with Gasteiger partial charge in [0.05, 0.1) is 6.61 Å². The van der Waals surface area contributed by atoms with E-state index in [1.54, 1.807) is 7.05 Å². The van der Waals surface area contributed by atoms with Crippen LogP contribution in [0.15, 0.2) is 12.2 Å². The van der Waals surface area contributed by atoms with E-state index in [1.165, 1.54) is 0 Å². The van der Waals surface area contributed by atoms with E-state index in [2.05, 4.69) is 16.6 Å². The van der Waals surface area contributed by atoms with Crippen LogP contribution in [0.1, 0.15) is 19.8 Å². The van der Waals surface area contributed by atoms with Gasteiger partial charge in [0.1, 0.15) is 6.61 Å². The summed E-state index contributed by atoms with van der Waals surface area (Å²) in [5.74, 6) is 0. The maximum Gasteiger partial charge on any atom is 0.411 e. The third-order valence-corrected chi connectivity index (χ3v) is 1.91. The predicted molar refractivity (Wildman–Crippen MR) is 53.8 cm³/mol. The van der Waals surface area contributed by atoms with Crippen molar-refractivity contribution >= 4 is 0 Å². The van der Waals surface area contributed by atoms with Gasteiger partial charge in [0.15, 0.2) is 0 Å². The maximum absolute atomic E-state index is 11.8. The van der Waals surface area contributed by atoms with E-state index in [1.807, 2.05) is 6.92 Å². The number of likely N-dealkylation sites (N-methyl/N-ethyl adjacent to an activating group) is 1. The number of allylic oxidation sites excluding steroid dienone is 1. The molecule has 0 saturated carbocycles. The second-order valence-corrected chi connectivity index (χ2v) is 3.61. The molecule has 0 rings (SSSR count). The largest absolute Gasteiger partial charge is 0.411 e. The molecule has 0 amide bonds. The minimum Gasteiger partial charge on any atom is -0.370 e. The number of hydrogen-bond acceptors (Lipinski definition) is 2. The molecule has 0 bridgehead atoms. The Hall–Kier alpha value is -0.550. The molecule has 1 atom stereocenters. The Labute approximate surface area is 88.5 Å². The number of rotatable bonds is 7. The van der Waals surface area contributed by atoms with Crippen LogP contribution in [0.4, 0.5) is 13.2 Å². The molecule has 0 heterocycles. The van der Waals surface area contributed by atoms with Crippen molar-refractivity contribution in [3.8, 4) is 0 Å². The molecule has 5 heteroatoms. The summed E-state index contributed by atoms with van der Waals surface area (Å²) in [5, 5.41) is 2.91. The van der Waals surface area contributed by atoms with E-state index in [0.29, 0.717) is 0 Å². The monoisotopic (exact) mass is 225 g/mol. The van der Waals surface area contributed by atoms with Crippen molar-refractivity contribution in [3.63, 3.8) is 0 Å².